The Morgan fingerprint density at radius 2 is 1.52 bits per heavy atom. The van der Waals surface area contributed by atoms with Crippen LogP contribution < -0.4 is 9.46 Å². The number of benzene rings is 2. The van der Waals surface area contributed by atoms with Gasteiger partial charge in [0.2, 0.25) is 10.0 Å². The molecule has 1 atom stereocenters. The Morgan fingerprint density at radius 3 is 2.00 bits per heavy atom. The topological polar surface area (TPSA) is 55.4 Å². The highest BCUT2D eigenvalue weighted by molar-refractivity contribution is 7.89. The third-order valence-corrected chi connectivity index (χ3v) is 5.69. The summed E-state index contributed by atoms with van der Waals surface area (Å²) in [6.07, 6.45) is 0. The second-order valence-corrected chi connectivity index (χ2v) is 7.49. The fraction of sp³-hybridized carbons (Fsp3) is 0.333. The number of hydrogen-bond donors (Lipinski definition) is 1. The normalized spacial score (nSPS) is 12.9. The Labute approximate surface area is 138 Å². The molecule has 2 aromatic rings. The molecule has 4 nitrogen and oxygen atoms in total. The molecule has 0 amide bonds. The van der Waals surface area contributed by atoms with Crippen molar-refractivity contribution < 1.29 is 13.2 Å². The maximum absolute atomic E-state index is 12.8. The zero-order valence-corrected chi connectivity index (χ0v) is 15.0. The molecule has 0 aromatic heterocycles. The summed E-state index contributed by atoms with van der Waals surface area (Å²) in [5, 5.41) is 0. The molecule has 0 bridgehead atoms. The van der Waals surface area contributed by atoms with E-state index in [4.69, 9.17) is 4.74 Å². The van der Waals surface area contributed by atoms with E-state index < -0.39 is 10.0 Å². The first kappa shape index (κ1) is 17.5. The van der Waals surface area contributed by atoms with Gasteiger partial charge in [0.05, 0.1) is 12.0 Å². The van der Waals surface area contributed by atoms with Crippen molar-refractivity contribution in [3.63, 3.8) is 0 Å². The van der Waals surface area contributed by atoms with Gasteiger partial charge >= 0.3 is 0 Å². The molecular formula is C18H23NO3S. The lowest BCUT2D eigenvalue weighted by atomic mass is 10.1. The number of aryl methyl sites for hydroxylation is 3. The molecule has 1 unspecified atom stereocenters. The van der Waals surface area contributed by atoms with E-state index in [2.05, 4.69) is 4.72 Å². The summed E-state index contributed by atoms with van der Waals surface area (Å²) in [6.45, 7) is 7.40. The minimum absolute atomic E-state index is 0.304. The van der Waals surface area contributed by atoms with Gasteiger partial charge < -0.3 is 4.74 Å². The molecule has 124 valence electrons. The zero-order chi connectivity index (χ0) is 17.2. The summed E-state index contributed by atoms with van der Waals surface area (Å²) in [4.78, 5) is 0.317. The Kier molecular flexibility index (Phi) is 5.12. The van der Waals surface area contributed by atoms with Gasteiger partial charge in [-0.25, -0.2) is 13.1 Å². The summed E-state index contributed by atoms with van der Waals surface area (Å²) in [5.74, 6) is 0.658. The molecule has 5 heteroatoms. The molecule has 0 spiro atoms. The van der Waals surface area contributed by atoms with Crippen LogP contribution in [0.15, 0.2) is 41.3 Å². The van der Waals surface area contributed by atoms with Crippen LogP contribution in [0, 0.1) is 20.8 Å². The van der Waals surface area contributed by atoms with Crippen LogP contribution in [0.25, 0.3) is 0 Å². The van der Waals surface area contributed by atoms with Crippen molar-refractivity contribution in [2.24, 2.45) is 0 Å². The number of sulfonamides is 1. The van der Waals surface area contributed by atoms with E-state index in [0.29, 0.717) is 21.8 Å². The van der Waals surface area contributed by atoms with E-state index in [1.165, 1.54) is 0 Å². The van der Waals surface area contributed by atoms with Gasteiger partial charge in [0.1, 0.15) is 5.75 Å². The van der Waals surface area contributed by atoms with Crippen molar-refractivity contribution in [3.8, 4) is 5.75 Å². The van der Waals surface area contributed by atoms with Crippen LogP contribution in [0.5, 0.6) is 5.75 Å². The molecule has 0 radical (unpaired) electrons. The Balaban J connectivity index is 2.34. The van der Waals surface area contributed by atoms with Crippen LogP contribution in [0.1, 0.15) is 35.2 Å². The zero-order valence-electron chi connectivity index (χ0n) is 14.2. The molecule has 2 aromatic carbocycles. The van der Waals surface area contributed by atoms with Gasteiger partial charge in [-0.15, -0.1) is 0 Å². The van der Waals surface area contributed by atoms with Crippen molar-refractivity contribution >= 4 is 10.0 Å². The Bertz CT molecular complexity index is 773. The number of nitrogens with one attached hydrogen (secondary N) is 1. The predicted molar refractivity (Wildman–Crippen MR) is 92.4 cm³/mol. The molecule has 0 saturated heterocycles. The lowest BCUT2D eigenvalue weighted by Gasteiger charge is -2.18. The van der Waals surface area contributed by atoms with E-state index in [1.54, 1.807) is 33.1 Å². The van der Waals surface area contributed by atoms with E-state index >= 15 is 0 Å². The summed E-state index contributed by atoms with van der Waals surface area (Å²) in [5.41, 5.74) is 3.42. The van der Waals surface area contributed by atoms with Gasteiger partial charge in [0.25, 0.3) is 0 Å². The molecule has 23 heavy (non-hydrogen) atoms. The Morgan fingerprint density at radius 1 is 1.00 bits per heavy atom. The number of ether oxygens (including phenoxy) is 1. The quantitative estimate of drug-likeness (QED) is 0.908. The smallest absolute Gasteiger partial charge is 0.241 e. The largest absolute Gasteiger partial charge is 0.497 e. The minimum atomic E-state index is -3.61. The summed E-state index contributed by atoms with van der Waals surface area (Å²) < 4.78 is 33.5. The third kappa shape index (κ3) is 3.92. The van der Waals surface area contributed by atoms with Crippen LogP contribution in [0.3, 0.4) is 0 Å². The monoisotopic (exact) mass is 333 g/mol. The van der Waals surface area contributed by atoms with Crippen LogP contribution in [0.4, 0.5) is 0 Å². The van der Waals surface area contributed by atoms with Crippen molar-refractivity contribution in [3.05, 3.63) is 58.7 Å². The van der Waals surface area contributed by atoms with Crippen LogP contribution in [0.2, 0.25) is 0 Å². The highest BCUT2D eigenvalue weighted by Crippen LogP contribution is 2.27. The fourth-order valence-corrected chi connectivity index (χ4v) is 4.35. The van der Waals surface area contributed by atoms with Crippen molar-refractivity contribution in [1.29, 1.82) is 0 Å². The minimum Gasteiger partial charge on any atom is -0.497 e. The van der Waals surface area contributed by atoms with E-state index in [-0.39, 0.29) is 6.04 Å². The van der Waals surface area contributed by atoms with Gasteiger partial charge in [-0.05, 0) is 56.5 Å². The molecule has 0 heterocycles. The first-order valence-corrected chi connectivity index (χ1v) is 8.97. The van der Waals surface area contributed by atoms with E-state index in [0.717, 1.165) is 11.1 Å². The molecule has 0 aliphatic heterocycles. The maximum atomic E-state index is 12.8. The standard InChI is InChI=1S/C18H23NO3S/c1-12-6-8-16(9-7-12)15(4)19-23(20,21)18-13(2)10-17(22-5)11-14(18)3/h6-11,15,19H,1-5H3. The van der Waals surface area contributed by atoms with Gasteiger partial charge in [-0.3, -0.25) is 0 Å². The molecular weight excluding hydrogens is 310 g/mol. The van der Waals surface area contributed by atoms with Crippen LogP contribution in [-0.4, -0.2) is 15.5 Å². The first-order valence-electron chi connectivity index (χ1n) is 7.48. The number of methoxy groups -OCH3 is 1. The molecule has 0 aliphatic rings. The summed E-state index contributed by atoms with van der Waals surface area (Å²) in [6, 6.07) is 11.0. The highest BCUT2D eigenvalue weighted by atomic mass is 32.2. The van der Waals surface area contributed by atoms with E-state index in [1.807, 2.05) is 38.1 Å². The average Bonchev–Trinajstić information content (AvgIpc) is 2.46. The van der Waals surface area contributed by atoms with Gasteiger partial charge in [-0.2, -0.15) is 0 Å². The fourth-order valence-electron chi connectivity index (χ4n) is 2.67. The molecule has 2 rings (SSSR count). The first-order chi connectivity index (χ1) is 10.7. The predicted octanol–water partition coefficient (Wildman–Crippen LogP) is 3.66. The maximum Gasteiger partial charge on any atom is 0.241 e. The second kappa shape index (κ2) is 6.72. The lowest BCUT2D eigenvalue weighted by molar-refractivity contribution is 0.413. The molecule has 0 saturated carbocycles. The van der Waals surface area contributed by atoms with E-state index in [9.17, 15) is 8.42 Å². The van der Waals surface area contributed by atoms with Crippen LogP contribution >= 0.6 is 0 Å². The number of rotatable bonds is 5. The van der Waals surface area contributed by atoms with Gasteiger partial charge in [0, 0.05) is 6.04 Å². The lowest BCUT2D eigenvalue weighted by Crippen LogP contribution is -2.28. The average molecular weight is 333 g/mol. The van der Waals surface area contributed by atoms with Crippen molar-refractivity contribution in [2.45, 2.75) is 38.6 Å². The van der Waals surface area contributed by atoms with Gasteiger partial charge in [0.15, 0.2) is 0 Å². The SMILES string of the molecule is COc1cc(C)c(S(=O)(=O)NC(C)c2ccc(C)cc2)c(C)c1. The Hall–Kier alpha value is -1.85. The summed E-state index contributed by atoms with van der Waals surface area (Å²) in [7, 11) is -2.04. The van der Waals surface area contributed by atoms with Crippen molar-refractivity contribution in [2.75, 3.05) is 7.11 Å². The van der Waals surface area contributed by atoms with Crippen LogP contribution in [-0.2, 0) is 10.0 Å². The second-order valence-electron chi connectivity index (χ2n) is 5.84. The molecule has 0 fully saturated rings. The third-order valence-electron chi connectivity index (χ3n) is 3.85. The van der Waals surface area contributed by atoms with Gasteiger partial charge in [-0.1, -0.05) is 29.8 Å². The summed E-state index contributed by atoms with van der Waals surface area (Å²) >= 11 is 0. The molecule has 1 N–H and O–H groups in total. The van der Waals surface area contributed by atoms with Crippen molar-refractivity contribution in [1.82, 2.24) is 4.72 Å². The molecule has 0 aliphatic carbocycles. The number of hydrogen-bond acceptors (Lipinski definition) is 3. The highest BCUT2D eigenvalue weighted by Gasteiger charge is 2.23.